The number of hydrogen-bond donors (Lipinski definition) is 3. The summed E-state index contributed by atoms with van der Waals surface area (Å²) in [6, 6.07) is 6.75. The fourth-order valence-electron chi connectivity index (χ4n) is 3.81. The fourth-order valence-corrected chi connectivity index (χ4v) is 3.81. The molecule has 2 aliphatic heterocycles. The summed E-state index contributed by atoms with van der Waals surface area (Å²) in [5, 5.41) is 14.0. The molecular weight excluding hydrogens is 440 g/mol. The van der Waals surface area contributed by atoms with E-state index in [-0.39, 0.29) is 35.3 Å². The molecule has 0 aliphatic carbocycles. The molecule has 2 fully saturated rings. The number of rotatable bonds is 7. The van der Waals surface area contributed by atoms with Crippen LogP contribution in [0.1, 0.15) is 27.3 Å². The first-order valence-electron chi connectivity index (χ1n) is 10.9. The predicted octanol–water partition coefficient (Wildman–Crippen LogP) is 0.385. The summed E-state index contributed by atoms with van der Waals surface area (Å²) in [5.74, 6) is -0.649. The number of ether oxygens (including phenoxy) is 1. The Morgan fingerprint density at radius 1 is 1.09 bits per heavy atom. The SMILES string of the molecule is C=CC(=O)N1CCC(Nc2nnc(C(N)=O)c(Nc3ccc(C(=O)N4CCOCC4)cc3)n2)C1. The molecule has 2 saturated heterocycles. The van der Waals surface area contributed by atoms with Crippen LogP contribution in [0.5, 0.6) is 0 Å². The highest BCUT2D eigenvalue weighted by atomic mass is 16.5. The van der Waals surface area contributed by atoms with Gasteiger partial charge in [0, 0.05) is 43.5 Å². The summed E-state index contributed by atoms with van der Waals surface area (Å²) >= 11 is 0. The van der Waals surface area contributed by atoms with Crippen molar-refractivity contribution >= 4 is 35.2 Å². The minimum Gasteiger partial charge on any atom is -0.378 e. The van der Waals surface area contributed by atoms with Gasteiger partial charge in [0.25, 0.3) is 11.8 Å². The molecule has 0 bridgehead atoms. The number of likely N-dealkylation sites (tertiary alicyclic amines) is 1. The lowest BCUT2D eigenvalue weighted by molar-refractivity contribution is -0.125. The van der Waals surface area contributed by atoms with E-state index in [4.69, 9.17) is 10.5 Å². The van der Waals surface area contributed by atoms with Crippen molar-refractivity contribution in [2.75, 3.05) is 50.0 Å². The lowest BCUT2D eigenvalue weighted by atomic mass is 10.1. The van der Waals surface area contributed by atoms with Gasteiger partial charge in [-0.15, -0.1) is 10.2 Å². The molecule has 3 amide bonds. The number of anilines is 3. The second-order valence-corrected chi connectivity index (χ2v) is 7.92. The monoisotopic (exact) mass is 466 g/mol. The molecule has 0 radical (unpaired) electrons. The highest BCUT2D eigenvalue weighted by Crippen LogP contribution is 2.21. The van der Waals surface area contributed by atoms with Gasteiger partial charge in [0.05, 0.1) is 13.2 Å². The van der Waals surface area contributed by atoms with Gasteiger partial charge in [0.1, 0.15) is 0 Å². The van der Waals surface area contributed by atoms with Crippen molar-refractivity contribution in [3.63, 3.8) is 0 Å². The number of carbonyl (C=O) groups excluding carboxylic acids is 3. The van der Waals surface area contributed by atoms with E-state index < -0.39 is 5.91 Å². The van der Waals surface area contributed by atoms with Crippen molar-refractivity contribution in [1.82, 2.24) is 25.0 Å². The molecule has 12 heteroatoms. The van der Waals surface area contributed by atoms with Gasteiger partial charge in [-0.05, 0) is 36.8 Å². The predicted molar refractivity (Wildman–Crippen MR) is 124 cm³/mol. The van der Waals surface area contributed by atoms with E-state index in [2.05, 4.69) is 32.4 Å². The number of nitrogens with two attached hydrogens (primary N) is 1. The Balaban J connectivity index is 1.46. The van der Waals surface area contributed by atoms with E-state index in [1.165, 1.54) is 6.08 Å². The second kappa shape index (κ2) is 10.3. The van der Waals surface area contributed by atoms with Crippen LogP contribution in [0, 0.1) is 0 Å². The zero-order chi connectivity index (χ0) is 24.1. The number of primary amides is 1. The van der Waals surface area contributed by atoms with Gasteiger partial charge in [-0.25, -0.2) is 0 Å². The molecule has 4 N–H and O–H groups in total. The largest absolute Gasteiger partial charge is 0.378 e. The first kappa shape index (κ1) is 23.1. The van der Waals surface area contributed by atoms with E-state index in [1.54, 1.807) is 34.1 Å². The summed E-state index contributed by atoms with van der Waals surface area (Å²) in [7, 11) is 0. The van der Waals surface area contributed by atoms with Crippen LogP contribution in [0.4, 0.5) is 17.5 Å². The maximum atomic E-state index is 12.6. The molecule has 0 spiro atoms. The minimum absolute atomic E-state index is 0.0662. The quantitative estimate of drug-likeness (QED) is 0.491. The van der Waals surface area contributed by atoms with Crippen LogP contribution >= 0.6 is 0 Å². The first-order valence-corrected chi connectivity index (χ1v) is 10.9. The van der Waals surface area contributed by atoms with E-state index >= 15 is 0 Å². The summed E-state index contributed by atoms with van der Waals surface area (Å²) in [6.07, 6.45) is 1.99. The molecule has 2 aromatic rings. The maximum absolute atomic E-state index is 12.6. The van der Waals surface area contributed by atoms with Crippen LogP contribution in [0.15, 0.2) is 36.9 Å². The van der Waals surface area contributed by atoms with Crippen LogP contribution in [-0.2, 0) is 9.53 Å². The molecule has 1 aromatic carbocycles. The summed E-state index contributed by atoms with van der Waals surface area (Å²) < 4.78 is 5.29. The van der Waals surface area contributed by atoms with E-state index in [0.717, 1.165) is 0 Å². The molecule has 34 heavy (non-hydrogen) atoms. The average molecular weight is 467 g/mol. The van der Waals surface area contributed by atoms with Crippen molar-refractivity contribution in [2.45, 2.75) is 12.5 Å². The van der Waals surface area contributed by atoms with Crippen LogP contribution in [0.25, 0.3) is 0 Å². The van der Waals surface area contributed by atoms with Crippen LogP contribution < -0.4 is 16.4 Å². The second-order valence-electron chi connectivity index (χ2n) is 7.92. The number of nitrogens with zero attached hydrogens (tertiary/aromatic N) is 5. The van der Waals surface area contributed by atoms with Crippen LogP contribution in [-0.4, -0.2) is 88.1 Å². The third-order valence-corrected chi connectivity index (χ3v) is 5.62. The molecule has 0 saturated carbocycles. The molecule has 1 unspecified atom stereocenters. The van der Waals surface area contributed by atoms with Gasteiger partial charge in [-0.3, -0.25) is 14.4 Å². The molecule has 178 valence electrons. The van der Waals surface area contributed by atoms with Gasteiger partial charge < -0.3 is 30.9 Å². The number of benzene rings is 1. The summed E-state index contributed by atoms with van der Waals surface area (Å²) in [6.45, 7) is 6.76. The normalized spacial score (nSPS) is 17.8. The molecule has 1 atom stereocenters. The Morgan fingerprint density at radius 2 is 1.82 bits per heavy atom. The van der Waals surface area contributed by atoms with Crippen molar-refractivity contribution in [1.29, 1.82) is 0 Å². The average Bonchev–Trinajstić information content (AvgIpc) is 3.32. The standard InChI is InChI=1S/C22H26N8O4/c1-2-17(31)30-8-7-16(13-30)25-22-26-20(18(19(23)32)27-28-22)24-15-5-3-14(4-6-15)21(33)29-9-11-34-12-10-29/h2-6,16H,1,7-13H2,(H2,23,32)(H2,24,25,26,28). The highest BCUT2D eigenvalue weighted by Gasteiger charge is 2.26. The van der Waals surface area contributed by atoms with E-state index in [0.29, 0.717) is 57.1 Å². The van der Waals surface area contributed by atoms with Crippen LogP contribution in [0.3, 0.4) is 0 Å². The molecular formula is C22H26N8O4. The molecule has 1 aromatic heterocycles. The topological polar surface area (TPSA) is 156 Å². The zero-order valence-electron chi connectivity index (χ0n) is 18.6. The number of carbonyl (C=O) groups is 3. The minimum atomic E-state index is -0.781. The van der Waals surface area contributed by atoms with Gasteiger partial charge in [-0.2, -0.15) is 4.98 Å². The Bertz CT molecular complexity index is 1080. The van der Waals surface area contributed by atoms with Gasteiger partial charge in [0.15, 0.2) is 11.5 Å². The summed E-state index contributed by atoms with van der Waals surface area (Å²) in [4.78, 5) is 44.0. The third-order valence-electron chi connectivity index (χ3n) is 5.62. The first-order chi connectivity index (χ1) is 16.4. The molecule has 2 aliphatic rings. The number of hydrogen-bond acceptors (Lipinski definition) is 9. The smallest absolute Gasteiger partial charge is 0.273 e. The highest BCUT2D eigenvalue weighted by molar-refractivity contribution is 5.97. The Kier molecular flexibility index (Phi) is 6.97. The van der Waals surface area contributed by atoms with E-state index in [1.807, 2.05) is 0 Å². The van der Waals surface area contributed by atoms with E-state index in [9.17, 15) is 14.4 Å². The Hall–Kier alpha value is -4.06. The van der Waals surface area contributed by atoms with Crippen molar-refractivity contribution in [3.05, 3.63) is 48.2 Å². The van der Waals surface area contributed by atoms with Gasteiger partial charge in [-0.1, -0.05) is 6.58 Å². The van der Waals surface area contributed by atoms with Crippen LogP contribution in [0.2, 0.25) is 0 Å². The Morgan fingerprint density at radius 3 is 2.50 bits per heavy atom. The van der Waals surface area contributed by atoms with Crippen molar-refractivity contribution in [2.24, 2.45) is 5.73 Å². The molecule has 3 heterocycles. The number of amides is 3. The fraction of sp³-hybridized carbons (Fsp3) is 0.364. The van der Waals surface area contributed by atoms with Gasteiger partial charge in [0.2, 0.25) is 11.9 Å². The zero-order valence-corrected chi connectivity index (χ0v) is 18.6. The van der Waals surface area contributed by atoms with Gasteiger partial charge >= 0.3 is 0 Å². The molecule has 4 rings (SSSR count). The maximum Gasteiger partial charge on any atom is 0.273 e. The number of aromatic nitrogens is 3. The molecule has 12 nitrogen and oxygen atoms in total. The summed E-state index contributed by atoms with van der Waals surface area (Å²) in [5.41, 5.74) is 6.46. The lowest BCUT2D eigenvalue weighted by Crippen LogP contribution is -2.40. The number of nitrogens with one attached hydrogen (secondary N) is 2. The lowest BCUT2D eigenvalue weighted by Gasteiger charge is -2.26. The van der Waals surface area contributed by atoms with Crippen molar-refractivity contribution < 1.29 is 19.1 Å². The Labute approximate surface area is 196 Å². The number of morpholine rings is 1. The van der Waals surface area contributed by atoms with Crippen molar-refractivity contribution in [3.8, 4) is 0 Å². The third kappa shape index (κ3) is 5.29.